The standard InChI is InChI=1S/C15H12O5S/c1-20-13-5-3-9(6-12(13)17)2-4-11(16)10-7-14(15(18)19)21-8-10/h2-8,17H,1H3,(H,18,19)/b4-2+. The van der Waals surface area contributed by atoms with Crippen LogP contribution in [0.5, 0.6) is 11.5 Å². The highest BCUT2D eigenvalue weighted by atomic mass is 32.1. The van der Waals surface area contributed by atoms with Crippen LogP contribution in [0.15, 0.2) is 35.7 Å². The number of carboxylic acid groups (broad SMARTS) is 1. The Morgan fingerprint density at radius 3 is 2.62 bits per heavy atom. The van der Waals surface area contributed by atoms with Gasteiger partial charge in [0, 0.05) is 10.9 Å². The van der Waals surface area contributed by atoms with Gasteiger partial charge in [0.25, 0.3) is 0 Å². The highest BCUT2D eigenvalue weighted by Gasteiger charge is 2.10. The average molecular weight is 304 g/mol. The number of phenols is 1. The molecule has 0 bridgehead atoms. The van der Waals surface area contributed by atoms with Gasteiger partial charge in [0.2, 0.25) is 0 Å². The first-order chi connectivity index (χ1) is 10.0. The molecule has 1 heterocycles. The van der Waals surface area contributed by atoms with E-state index in [-0.39, 0.29) is 16.4 Å². The second-order valence-electron chi connectivity index (χ2n) is 4.13. The maximum absolute atomic E-state index is 11.9. The molecule has 0 aliphatic heterocycles. The van der Waals surface area contributed by atoms with E-state index in [0.29, 0.717) is 16.9 Å². The van der Waals surface area contributed by atoms with Crippen LogP contribution in [0.25, 0.3) is 6.08 Å². The summed E-state index contributed by atoms with van der Waals surface area (Å²) in [6.45, 7) is 0. The Kier molecular flexibility index (Phi) is 4.39. The molecule has 21 heavy (non-hydrogen) atoms. The Hall–Kier alpha value is -2.60. The lowest BCUT2D eigenvalue weighted by molar-refractivity contribution is 0.0702. The smallest absolute Gasteiger partial charge is 0.345 e. The molecule has 0 aliphatic rings. The van der Waals surface area contributed by atoms with E-state index in [9.17, 15) is 14.7 Å². The molecule has 108 valence electrons. The van der Waals surface area contributed by atoms with Crippen LogP contribution in [0, 0.1) is 0 Å². The minimum atomic E-state index is -1.05. The van der Waals surface area contributed by atoms with Gasteiger partial charge < -0.3 is 14.9 Å². The van der Waals surface area contributed by atoms with Crippen molar-refractivity contribution >= 4 is 29.2 Å². The molecular formula is C15H12O5S. The number of allylic oxidation sites excluding steroid dienone is 1. The summed E-state index contributed by atoms with van der Waals surface area (Å²) in [5.41, 5.74) is 0.960. The van der Waals surface area contributed by atoms with Crippen molar-refractivity contribution < 1.29 is 24.5 Å². The van der Waals surface area contributed by atoms with Crippen LogP contribution in [-0.4, -0.2) is 29.1 Å². The third-order valence-electron chi connectivity index (χ3n) is 2.72. The van der Waals surface area contributed by atoms with Gasteiger partial charge in [0.05, 0.1) is 7.11 Å². The Balaban J connectivity index is 2.14. The zero-order valence-electron chi connectivity index (χ0n) is 11.1. The Labute approximate surface area is 124 Å². The van der Waals surface area contributed by atoms with Crippen molar-refractivity contribution in [2.45, 2.75) is 0 Å². The number of methoxy groups -OCH3 is 1. The molecule has 0 radical (unpaired) electrons. The number of phenolic OH excluding ortho intramolecular Hbond substituents is 1. The zero-order valence-corrected chi connectivity index (χ0v) is 11.9. The lowest BCUT2D eigenvalue weighted by Gasteiger charge is -2.03. The molecule has 2 N–H and O–H groups in total. The van der Waals surface area contributed by atoms with Crippen molar-refractivity contribution in [2.24, 2.45) is 0 Å². The molecule has 0 saturated heterocycles. The summed E-state index contributed by atoms with van der Waals surface area (Å²) in [5.74, 6) is -1.02. The predicted molar refractivity (Wildman–Crippen MR) is 79.3 cm³/mol. The Bertz CT molecular complexity index is 715. The molecule has 0 fully saturated rings. The summed E-state index contributed by atoms with van der Waals surface area (Å²) >= 11 is 1.00. The van der Waals surface area contributed by atoms with E-state index in [2.05, 4.69) is 0 Å². The summed E-state index contributed by atoms with van der Waals surface area (Å²) in [6.07, 6.45) is 2.87. The molecule has 1 aromatic carbocycles. The summed E-state index contributed by atoms with van der Waals surface area (Å²) in [5, 5.41) is 19.9. The minimum Gasteiger partial charge on any atom is -0.504 e. The quantitative estimate of drug-likeness (QED) is 0.655. The number of carbonyl (C=O) groups is 2. The minimum absolute atomic E-state index is 0.0178. The van der Waals surface area contributed by atoms with Crippen LogP contribution in [0.2, 0.25) is 0 Å². The van der Waals surface area contributed by atoms with Gasteiger partial charge in [-0.05, 0) is 29.8 Å². The van der Waals surface area contributed by atoms with Crippen LogP contribution in [0.4, 0.5) is 0 Å². The van der Waals surface area contributed by atoms with Gasteiger partial charge in [-0.15, -0.1) is 11.3 Å². The van der Waals surface area contributed by atoms with Crippen LogP contribution in [0.3, 0.4) is 0 Å². The van der Waals surface area contributed by atoms with Gasteiger partial charge in [-0.2, -0.15) is 0 Å². The molecule has 1 aromatic heterocycles. The van der Waals surface area contributed by atoms with Crippen molar-refractivity contribution in [2.75, 3.05) is 7.11 Å². The van der Waals surface area contributed by atoms with E-state index >= 15 is 0 Å². The highest BCUT2D eigenvalue weighted by Crippen LogP contribution is 2.26. The second-order valence-corrected chi connectivity index (χ2v) is 5.04. The first-order valence-electron chi connectivity index (χ1n) is 5.92. The SMILES string of the molecule is COc1ccc(/C=C/C(=O)c2csc(C(=O)O)c2)cc1O. The molecule has 5 nitrogen and oxygen atoms in total. The average Bonchev–Trinajstić information content (AvgIpc) is 2.95. The van der Waals surface area contributed by atoms with E-state index in [4.69, 9.17) is 9.84 Å². The monoisotopic (exact) mass is 304 g/mol. The number of thiophene rings is 1. The fraction of sp³-hybridized carbons (Fsp3) is 0.0667. The van der Waals surface area contributed by atoms with E-state index < -0.39 is 5.97 Å². The van der Waals surface area contributed by atoms with Crippen molar-refractivity contribution in [1.82, 2.24) is 0 Å². The number of hydrogen-bond acceptors (Lipinski definition) is 5. The third-order valence-corrected chi connectivity index (χ3v) is 3.64. The van der Waals surface area contributed by atoms with E-state index in [1.165, 1.54) is 30.7 Å². The van der Waals surface area contributed by atoms with Gasteiger partial charge >= 0.3 is 5.97 Å². The van der Waals surface area contributed by atoms with E-state index in [1.54, 1.807) is 18.2 Å². The third kappa shape index (κ3) is 3.49. The lowest BCUT2D eigenvalue weighted by Crippen LogP contribution is -1.94. The van der Waals surface area contributed by atoms with Gasteiger partial charge in [0.1, 0.15) is 4.88 Å². The van der Waals surface area contributed by atoms with E-state index in [0.717, 1.165) is 11.3 Å². The second kappa shape index (κ2) is 6.23. The number of rotatable bonds is 5. The molecule has 2 aromatic rings. The number of hydrogen-bond donors (Lipinski definition) is 2. The van der Waals surface area contributed by atoms with Crippen LogP contribution < -0.4 is 4.74 Å². The number of aromatic carboxylic acids is 1. The number of ketones is 1. The molecule has 0 saturated carbocycles. The number of aromatic hydroxyl groups is 1. The fourth-order valence-electron chi connectivity index (χ4n) is 1.66. The van der Waals surface area contributed by atoms with Crippen molar-refractivity contribution in [3.8, 4) is 11.5 Å². The number of carboxylic acids is 1. The maximum atomic E-state index is 11.9. The van der Waals surface area contributed by atoms with Crippen LogP contribution in [0.1, 0.15) is 25.6 Å². The topological polar surface area (TPSA) is 83.8 Å². The molecule has 6 heteroatoms. The van der Waals surface area contributed by atoms with Crippen molar-refractivity contribution in [1.29, 1.82) is 0 Å². The Morgan fingerprint density at radius 2 is 2.05 bits per heavy atom. The first-order valence-corrected chi connectivity index (χ1v) is 6.80. The summed E-state index contributed by atoms with van der Waals surface area (Å²) in [4.78, 5) is 22.8. The van der Waals surface area contributed by atoms with Gasteiger partial charge in [-0.1, -0.05) is 12.1 Å². The fourth-order valence-corrected chi connectivity index (χ4v) is 2.39. The maximum Gasteiger partial charge on any atom is 0.345 e. The molecule has 0 unspecified atom stereocenters. The summed E-state index contributed by atoms with van der Waals surface area (Å²) in [6, 6.07) is 6.09. The molecule has 0 spiro atoms. The predicted octanol–water partition coefficient (Wildman–Crippen LogP) is 3.06. The molecule has 0 amide bonds. The molecule has 2 rings (SSSR count). The number of ether oxygens (including phenoxy) is 1. The number of carbonyl (C=O) groups excluding carboxylic acids is 1. The lowest BCUT2D eigenvalue weighted by atomic mass is 10.1. The van der Waals surface area contributed by atoms with Crippen LogP contribution >= 0.6 is 11.3 Å². The van der Waals surface area contributed by atoms with E-state index in [1.807, 2.05) is 0 Å². The van der Waals surface area contributed by atoms with Gasteiger partial charge in [-0.25, -0.2) is 4.79 Å². The molecular weight excluding hydrogens is 292 g/mol. The van der Waals surface area contributed by atoms with Gasteiger partial charge in [-0.3, -0.25) is 4.79 Å². The largest absolute Gasteiger partial charge is 0.504 e. The molecule has 0 aliphatic carbocycles. The summed E-state index contributed by atoms with van der Waals surface area (Å²) in [7, 11) is 1.45. The highest BCUT2D eigenvalue weighted by molar-refractivity contribution is 7.12. The first kappa shape index (κ1) is 14.8. The van der Waals surface area contributed by atoms with Crippen molar-refractivity contribution in [3.05, 3.63) is 51.7 Å². The molecule has 0 atom stereocenters. The van der Waals surface area contributed by atoms with Crippen LogP contribution in [-0.2, 0) is 0 Å². The van der Waals surface area contributed by atoms with Gasteiger partial charge in [0.15, 0.2) is 17.3 Å². The normalized spacial score (nSPS) is 10.7. The Morgan fingerprint density at radius 1 is 1.29 bits per heavy atom. The van der Waals surface area contributed by atoms with Crippen molar-refractivity contribution in [3.63, 3.8) is 0 Å². The summed E-state index contributed by atoms with van der Waals surface area (Å²) < 4.78 is 4.92. The zero-order chi connectivity index (χ0) is 15.4. The number of benzene rings is 1.